The Morgan fingerprint density at radius 3 is 2.74 bits per heavy atom. The molecule has 0 spiro atoms. The van der Waals surface area contributed by atoms with Crippen molar-refractivity contribution < 1.29 is 14.3 Å². The number of aromatic nitrogens is 1. The second kappa shape index (κ2) is 12.0. The third-order valence-electron chi connectivity index (χ3n) is 7.30. The highest BCUT2D eigenvalue weighted by molar-refractivity contribution is 7.13. The normalized spacial score (nSPS) is 21.8. The lowest BCUT2D eigenvalue weighted by molar-refractivity contribution is -0.142. The van der Waals surface area contributed by atoms with E-state index < -0.39 is 0 Å². The number of thiazole rings is 1. The van der Waals surface area contributed by atoms with Gasteiger partial charge in [-0.1, -0.05) is 38.5 Å². The van der Waals surface area contributed by atoms with Crippen molar-refractivity contribution in [2.75, 3.05) is 32.1 Å². The summed E-state index contributed by atoms with van der Waals surface area (Å²) in [5.74, 6) is 1.16. The number of anilines is 1. The molecule has 190 valence electrons. The molecule has 35 heavy (non-hydrogen) atoms. The maximum atomic E-state index is 13.6. The van der Waals surface area contributed by atoms with Crippen LogP contribution in [0.15, 0.2) is 29.6 Å². The number of carbonyl (C=O) groups excluding carboxylic acids is 2. The van der Waals surface area contributed by atoms with Crippen molar-refractivity contribution in [3.05, 3.63) is 40.9 Å². The molecule has 2 atom stereocenters. The van der Waals surface area contributed by atoms with E-state index in [4.69, 9.17) is 9.72 Å². The number of rotatable bonds is 9. The Kier molecular flexibility index (Phi) is 8.78. The third-order valence-corrected chi connectivity index (χ3v) is 8.10. The number of nitrogens with one attached hydrogen (secondary N) is 1. The molecule has 0 bridgehead atoms. The summed E-state index contributed by atoms with van der Waals surface area (Å²) in [5.41, 5.74) is 1.89. The fraction of sp³-hybridized carbons (Fsp3) is 0.593. The highest BCUT2D eigenvalue weighted by Gasteiger charge is 2.41. The van der Waals surface area contributed by atoms with Crippen LogP contribution in [0.5, 0.6) is 5.75 Å². The third kappa shape index (κ3) is 6.22. The molecule has 8 heteroatoms. The zero-order valence-electron chi connectivity index (χ0n) is 21.2. The summed E-state index contributed by atoms with van der Waals surface area (Å²) in [5, 5.41) is 5.75. The molecule has 1 aromatic heterocycles. The van der Waals surface area contributed by atoms with E-state index >= 15 is 0 Å². The predicted molar refractivity (Wildman–Crippen MR) is 139 cm³/mol. The molecule has 1 aromatic carbocycles. The van der Waals surface area contributed by atoms with E-state index in [-0.39, 0.29) is 23.8 Å². The van der Waals surface area contributed by atoms with Crippen molar-refractivity contribution in [3.8, 4) is 5.75 Å². The second-order valence-electron chi connectivity index (χ2n) is 9.86. The smallest absolute Gasteiger partial charge is 0.231 e. The Labute approximate surface area is 212 Å². The Hall–Kier alpha value is -2.45. The van der Waals surface area contributed by atoms with Crippen molar-refractivity contribution in [1.29, 1.82) is 0 Å². The van der Waals surface area contributed by atoms with Crippen molar-refractivity contribution in [1.82, 2.24) is 14.8 Å². The van der Waals surface area contributed by atoms with Crippen molar-refractivity contribution in [2.45, 2.75) is 65.0 Å². The van der Waals surface area contributed by atoms with Crippen molar-refractivity contribution >= 4 is 28.3 Å². The number of likely N-dealkylation sites (tertiary alicyclic amines) is 2. The molecular weight excluding hydrogens is 460 g/mol. The summed E-state index contributed by atoms with van der Waals surface area (Å²) in [6.45, 7) is 8.09. The molecule has 2 saturated heterocycles. The molecule has 0 radical (unpaired) electrons. The molecule has 0 aliphatic carbocycles. The molecule has 4 rings (SSSR count). The predicted octanol–water partition coefficient (Wildman–Crippen LogP) is 5.10. The summed E-state index contributed by atoms with van der Waals surface area (Å²) < 4.78 is 5.63. The van der Waals surface area contributed by atoms with E-state index in [1.54, 1.807) is 7.11 Å². The zero-order valence-corrected chi connectivity index (χ0v) is 22.0. The SMILES string of the molecule is CCCCN1C(=O)CC[C@@H](C(=O)Nc2nc(CN3CCC(C)CC3)cs2)[C@H]1c1ccccc1OC. The van der Waals surface area contributed by atoms with E-state index in [2.05, 4.69) is 24.1 Å². The maximum absolute atomic E-state index is 13.6. The number of amides is 2. The fourth-order valence-corrected chi connectivity index (χ4v) is 5.90. The summed E-state index contributed by atoms with van der Waals surface area (Å²) in [6, 6.07) is 7.38. The highest BCUT2D eigenvalue weighted by atomic mass is 32.1. The van der Waals surface area contributed by atoms with Gasteiger partial charge in [0.15, 0.2) is 5.13 Å². The lowest BCUT2D eigenvalue weighted by Gasteiger charge is -2.41. The van der Waals surface area contributed by atoms with E-state index in [9.17, 15) is 9.59 Å². The number of benzene rings is 1. The quantitative estimate of drug-likeness (QED) is 0.521. The molecule has 3 heterocycles. The molecule has 7 nitrogen and oxygen atoms in total. The standard InChI is InChI=1S/C27H38N4O3S/c1-4-5-14-31-24(32)11-10-22(25(31)21-8-6-7-9-23(21)34-3)26(33)29-27-28-20(18-35-27)17-30-15-12-19(2)13-16-30/h6-9,18-19,22,25H,4-5,10-17H2,1-3H3,(H,28,29,33)/t22-,25-/m1/s1. The van der Waals surface area contributed by atoms with Gasteiger partial charge >= 0.3 is 0 Å². The largest absolute Gasteiger partial charge is 0.496 e. The summed E-state index contributed by atoms with van der Waals surface area (Å²) >= 11 is 1.48. The average Bonchev–Trinajstić information content (AvgIpc) is 3.30. The van der Waals surface area contributed by atoms with Crippen LogP contribution in [0.25, 0.3) is 0 Å². The van der Waals surface area contributed by atoms with Gasteiger partial charge < -0.3 is 15.0 Å². The number of para-hydroxylation sites is 1. The Bertz CT molecular complexity index is 1000. The lowest BCUT2D eigenvalue weighted by atomic mass is 9.83. The maximum Gasteiger partial charge on any atom is 0.231 e. The number of piperidine rings is 2. The van der Waals surface area contributed by atoms with Gasteiger partial charge in [-0.15, -0.1) is 11.3 Å². The minimum absolute atomic E-state index is 0.0809. The van der Waals surface area contributed by atoms with Gasteiger partial charge in [-0.25, -0.2) is 4.98 Å². The van der Waals surface area contributed by atoms with Gasteiger partial charge in [0, 0.05) is 30.5 Å². The minimum Gasteiger partial charge on any atom is -0.496 e. The van der Waals surface area contributed by atoms with E-state index in [1.807, 2.05) is 34.5 Å². The molecule has 2 aliphatic heterocycles. The van der Waals surface area contributed by atoms with Crippen molar-refractivity contribution in [3.63, 3.8) is 0 Å². The van der Waals surface area contributed by atoms with Crippen LogP contribution in [-0.2, 0) is 16.1 Å². The first kappa shape index (κ1) is 25.6. The van der Waals surface area contributed by atoms with Crippen LogP contribution < -0.4 is 10.1 Å². The Morgan fingerprint density at radius 2 is 2.00 bits per heavy atom. The highest BCUT2D eigenvalue weighted by Crippen LogP contribution is 2.41. The number of unbranched alkanes of at least 4 members (excludes halogenated alkanes) is 1. The van der Waals surface area contributed by atoms with Crippen molar-refractivity contribution in [2.24, 2.45) is 11.8 Å². The second-order valence-corrected chi connectivity index (χ2v) is 10.7. The van der Waals surface area contributed by atoms with Crippen LogP contribution in [-0.4, -0.2) is 53.3 Å². The molecule has 2 aliphatic rings. The van der Waals surface area contributed by atoms with Crippen LogP contribution >= 0.6 is 11.3 Å². The van der Waals surface area contributed by atoms with E-state index in [1.165, 1.54) is 24.2 Å². The van der Waals surface area contributed by atoms with Gasteiger partial charge in [-0.3, -0.25) is 14.5 Å². The van der Waals surface area contributed by atoms with Gasteiger partial charge in [0.05, 0.1) is 24.8 Å². The number of ether oxygens (including phenoxy) is 1. The molecule has 2 fully saturated rings. The first-order valence-corrected chi connectivity index (χ1v) is 13.8. The van der Waals surface area contributed by atoms with E-state index in [0.29, 0.717) is 30.3 Å². The molecule has 2 aromatic rings. The number of carbonyl (C=O) groups is 2. The summed E-state index contributed by atoms with van der Waals surface area (Å²) in [6.07, 6.45) is 5.23. The number of nitrogens with zero attached hydrogens (tertiary/aromatic N) is 3. The van der Waals surface area contributed by atoms with Gasteiger partial charge in [0.25, 0.3) is 0 Å². The van der Waals surface area contributed by atoms with E-state index in [0.717, 1.165) is 49.7 Å². The molecule has 2 amide bonds. The van der Waals surface area contributed by atoms with Crippen LogP contribution in [0, 0.1) is 11.8 Å². The summed E-state index contributed by atoms with van der Waals surface area (Å²) in [7, 11) is 1.63. The molecule has 0 unspecified atom stereocenters. The number of methoxy groups -OCH3 is 1. The van der Waals surface area contributed by atoms with Gasteiger partial charge in [0.2, 0.25) is 11.8 Å². The number of hydrogen-bond acceptors (Lipinski definition) is 6. The van der Waals surface area contributed by atoms with Crippen LogP contribution in [0.2, 0.25) is 0 Å². The number of hydrogen-bond donors (Lipinski definition) is 1. The van der Waals surface area contributed by atoms with Crippen LogP contribution in [0.4, 0.5) is 5.13 Å². The minimum atomic E-state index is -0.364. The van der Waals surface area contributed by atoms with Crippen LogP contribution in [0.1, 0.15) is 69.7 Å². The Morgan fingerprint density at radius 1 is 1.23 bits per heavy atom. The van der Waals surface area contributed by atoms with Crippen LogP contribution in [0.3, 0.4) is 0 Å². The molecule has 0 saturated carbocycles. The topological polar surface area (TPSA) is 74.8 Å². The van der Waals surface area contributed by atoms with Gasteiger partial charge in [0.1, 0.15) is 5.75 Å². The van der Waals surface area contributed by atoms with Gasteiger partial charge in [-0.05, 0) is 50.8 Å². The van der Waals surface area contributed by atoms with Gasteiger partial charge in [-0.2, -0.15) is 0 Å². The molecule has 1 N–H and O–H groups in total. The average molecular weight is 499 g/mol. The fourth-order valence-electron chi connectivity index (χ4n) is 5.20. The lowest BCUT2D eigenvalue weighted by Crippen LogP contribution is -2.47. The monoisotopic (exact) mass is 498 g/mol. The zero-order chi connectivity index (χ0) is 24.8. The Balaban J connectivity index is 1.51. The summed E-state index contributed by atoms with van der Waals surface area (Å²) in [4.78, 5) is 35.6. The first-order chi connectivity index (χ1) is 17.0. The molecular formula is C27H38N4O3S. The first-order valence-electron chi connectivity index (χ1n) is 12.9.